The van der Waals surface area contributed by atoms with E-state index < -0.39 is 0 Å². The lowest BCUT2D eigenvalue weighted by Gasteiger charge is -2.11. The SMILES string of the molecule is O=C(Cn1cnc2scc(-c3ccccc3)c2c1=O)NC[C@H]1CCCO1. The van der Waals surface area contributed by atoms with Crippen molar-refractivity contribution in [3.63, 3.8) is 0 Å². The summed E-state index contributed by atoms with van der Waals surface area (Å²) in [6.45, 7) is 1.19. The van der Waals surface area contributed by atoms with Gasteiger partial charge < -0.3 is 10.1 Å². The number of nitrogens with one attached hydrogen (secondary N) is 1. The number of benzene rings is 1. The zero-order chi connectivity index (χ0) is 17.9. The predicted molar refractivity (Wildman–Crippen MR) is 101 cm³/mol. The second-order valence-electron chi connectivity index (χ2n) is 6.31. The summed E-state index contributed by atoms with van der Waals surface area (Å²) in [5, 5.41) is 5.35. The van der Waals surface area contributed by atoms with Gasteiger partial charge in [-0.05, 0) is 18.4 Å². The van der Waals surface area contributed by atoms with E-state index in [9.17, 15) is 9.59 Å². The van der Waals surface area contributed by atoms with E-state index in [-0.39, 0.29) is 24.1 Å². The zero-order valence-corrected chi connectivity index (χ0v) is 15.0. The summed E-state index contributed by atoms with van der Waals surface area (Å²) >= 11 is 1.44. The molecule has 3 aromatic rings. The van der Waals surface area contributed by atoms with E-state index in [2.05, 4.69) is 10.3 Å². The highest BCUT2D eigenvalue weighted by Crippen LogP contribution is 2.30. The van der Waals surface area contributed by atoms with E-state index in [0.29, 0.717) is 16.8 Å². The normalized spacial score (nSPS) is 16.8. The molecule has 1 aromatic carbocycles. The topological polar surface area (TPSA) is 73.2 Å². The molecule has 26 heavy (non-hydrogen) atoms. The molecule has 0 radical (unpaired) electrons. The lowest BCUT2D eigenvalue weighted by Crippen LogP contribution is -2.36. The molecule has 4 rings (SSSR count). The van der Waals surface area contributed by atoms with Crippen molar-refractivity contribution < 1.29 is 9.53 Å². The summed E-state index contributed by atoms with van der Waals surface area (Å²) < 4.78 is 6.86. The van der Waals surface area contributed by atoms with Gasteiger partial charge in [-0.25, -0.2) is 4.98 Å². The maximum Gasteiger partial charge on any atom is 0.263 e. The van der Waals surface area contributed by atoms with Crippen LogP contribution in [0.1, 0.15) is 12.8 Å². The average Bonchev–Trinajstić information content (AvgIpc) is 3.33. The van der Waals surface area contributed by atoms with Gasteiger partial charge in [-0.3, -0.25) is 14.2 Å². The number of carbonyl (C=O) groups is 1. The number of thiophene rings is 1. The smallest absolute Gasteiger partial charge is 0.263 e. The van der Waals surface area contributed by atoms with E-state index in [1.165, 1.54) is 22.2 Å². The van der Waals surface area contributed by atoms with Crippen molar-refractivity contribution in [3.05, 3.63) is 52.4 Å². The molecule has 0 saturated carbocycles. The van der Waals surface area contributed by atoms with Crippen LogP contribution in [-0.4, -0.2) is 34.7 Å². The summed E-state index contributed by atoms with van der Waals surface area (Å²) in [5.74, 6) is -0.208. The van der Waals surface area contributed by atoms with E-state index in [1.807, 2.05) is 35.7 Å². The summed E-state index contributed by atoms with van der Waals surface area (Å²) in [7, 11) is 0. The van der Waals surface area contributed by atoms with Crippen LogP contribution in [0, 0.1) is 0 Å². The first-order valence-corrected chi connectivity index (χ1v) is 9.50. The lowest BCUT2D eigenvalue weighted by atomic mass is 10.1. The van der Waals surface area contributed by atoms with E-state index in [4.69, 9.17) is 4.74 Å². The maximum absolute atomic E-state index is 12.9. The number of ether oxygens (including phenoxy) is 1. The third kappa shape index (κ3) is 3.40. The van der Waals surface area contributed by atoms with Crippen LogP contribution in [0.15, 0.2) is 46.8 Å². The standard InChI is InChI=1S/C19H19N3O3S/c23-16(20-9-14-7-4-8-25-14)10-22-12-21-18-17(19(22)24)15(11-26-18)13-5-2-1-3-6-13/h1-3,5-6,11-12,14H,4,7-10H2,(H,20,23)/t14-/m1/s1. The van der Waals surface area contributed by atoms with Crippen molar-refractivity contribution in [3.8, 4) is 11.1 Å². The quantitative estimate of drug-likeness (QED) is 0.750. The molecule has 1 fully saturated rings. The van der Waals surface area contributed by atoms with Crippen LogP contribution < -0.4 is 10.9 Å². The van der Waals surface area contributed by atoms with Gasteiger partial charge in [0.2, 0.25) is 5.91 Å². The zero-order valence-electron chi connectivity index (χ0n) is 14.2. The maximum atomic E-state index is 12.9. The molecule has 7 heteroatoms. The number of rotatable bonds is 5. The predicted octanol–water partition coefficient (Wildman–Crippen LogP) is 2.42. The third-order valence-corrected chi connectivity index (χ3v) is 5.40. The number of aromatic nitrogens is 2. The number of hydrogen-bond donors (Lipinski definition) is 1. The minimum Gasteiger partial charge on any atom is -0.376 e. The van der Waals surface area contributed by atoms with Crippen molar-refractivity contribution in [2.75, 3.05) is 13.2 Å². The molecule has 6 nitrogen and oxygen atoms in total. The number of fused-ring (bicyclic) bond motifs is 1. The first-order chi connectivity index (χ1) is 12.7. The van der Waals surface area contributed by atoms with E-state index in [1.54, 1.807) is 0 Å². The van der Waals surface area contributed by atoms with Crippen molar-refractivity contribution in [1.82, 2.24) is 14.9 Å². The number of hydrogen-bond acceptors (Lipinski definition) is 5. The Bertz CT molecular complexity index is 975. The molecule has 1 atom stereocenters. The van der Waals surface area contributed by atoms with Crippen LogP contribution in [-0.2, 0) is 16.1 Å². The molecule has 1 amide bonds. The van der Waals surface area contributed by atoms with Gasteiger partial charge in [0.25, 0.3) is 5.56 Å². The van der Waals surface area contributed by atoms with E-state index in [0.717, 1.165) is 30.6 Å². The fourth-order valence-corrected chi connectivity index (χ4v) is 4.06. The Morgan fingerprint density at radius 1 is 1.35 bits per heavy atom. The van der Waals surface area contributed by atoms with Crippen LogP contribution >= 0.6 is 11.3 Å². The summed E-state index contributed by atoms with van der Waals surface area (Å²) in [5.41, 5.74) is 1.64. The number of amides is 1. The van der Waals surface area contributed by atoms with Gasteiger partial charge in [-0.1, -0.05) is 30.3 Å². The van der Waals surface area contributed by atoms with Crippen molar-refractivity contribution in [1.29, 1.82) is 0 Å². The molecule has 0 spiro atoms. The molecule has 134 valence electrons. The highest BCUT2D eigenvalue weighted by atomic mass is 32.1. The molecule has 1 aliphatic heterocycles. The summed E-state index contributed by atoms with van der Waals surface area (Å²) in [6, 6.07) is 9.74. The first-order valence-electron chi connectivity index (χ1n) is 8.63. The van der Waals surface area contributed by atoms with Gasteiger partial charge in [0, 0.05) is 24.1 Å². The van der Waals surface area contributed by atoms with Gasteiger partial charge in [0.15, 0.2) is 0 Å². The third-order valence-electron chi connectivity index (χ3n) is 4.51. The van der Waals surface area contributed by atoms with Crippen molar-refractivity contribution >= 4 is 27.5 Å². The van der Waals surface area contributed by atoms with Crippen LogP contribution in [0.25, 0.3) is 21.3 Å². The van der Waals surface area contributed by atoms with Gasteiger partial charge >= 0.3 is 0 Å². The summed E-state index contributed by atoms with van der Waals surface area (Å²) in [6.07, 6.45) is 3.52. The molecule has 1 N–H and O–H groups in total. The van der Waals surface area contributed by atoms with Gasteiger partial charge in [0.1, 0.15) is 11.4 Å². The summed E-state index contributed by atoms with van der Waals surface area (Å²) in [4.78, 5) is 30.1. The molecule has 0 aliphatic carbocycles. The molecule has 1 saturated heterocycles. The van der Waals surface area contributed by atoms with E-state index >= 15 is 0 Å². The number of carbonyl (C=O) groups excluding carboxylic acids is 1. The Balaban J connectivity index is 1.57. The fraction of sp³-hybridized carbons (Fsp3) is 0.316. The van der Waals surface area contributed by atoms with Crippen LogP contribution in [0.5, 0.6) is 0 Å². The minimum absolute atomic E-state index is 0.0431. The first kappa shape index (κ1) is 16.9. The van der Waals surface area contributed by atoms with Crippen LogP contribution in [0.2, 0.25) is 0 Å². The van der Waals surface area contributed by atoms with Crippen LogP contribution in [0.3, 0.4) is 0 Å². The van der Waals surface area contributed by atoms with Crippen molar-refractivity contribution in [2.24, 2.45) is 0 Å². The molecular formula is C19H19N3O3S. The Morgan fingerprint density at radius 3 is 2.96 bits per heavy atom. The molecule has 3 heterocycles. The second-order valence-corrected chi connectivity index (χ2v) is 7.17. The minimum atomic E-state index is -0.208. The molecule has 0 unspecified atom stereocenters. The highest BCUT2D eigenvalue weighted by molar-refractivity contribution is 7.17. The Kier molecular flexibility index (Phi) is 4.81. The van der Waals surface area contributed by atoms with Crippen molar-refractivity contribution in [2.45, 2.75) is 25.5 Å². The second kappa shape index (κ2) is 7.39. The molecule has 1 aliphatic rings. The lowest BCUT2D eigenvalue weighted by molar-refractivity contribution is -0.122. The van der Waals surface area contributed by atoms with Gasteiger partial charge in [0.05, 0.1) is 17.8 Å². The average molecular weight is 369 g/mol. The highest BCUT2D eigenvalue weighted by Gasteiger charge is 2.17. The Labute approximate surface area is 154 Å². The fourth-order valence-electron chi connectivity index (χ4n) is 3.15. The van der Waals surface area contributed by atoms with Gasteiger partial charge in [-0.2, -0.15) is 0 Å². The largest absolute Gasteiger partial charge is 0.376 e. The number of nitrogens with zero attached hydrogens (tertiary/aromatic N) is 2. The Hall–Kier alpha value is -2.51. The van der Waals surface area contributed by atoms with Crippen LogP contribution in [0.4, 0.5) is 0 Å². The molecular weight excluding hydrogens is 350 g/mol. The van der Waals surface area contributed by atoms with Gasteiger partial charge in [-0.15, -0.1) is 11.3 Å². The molecule has 2 aromatic heterocycles. The Morgan fingerprint density at radius 2 is 2.19 bits per heavy atom. The molecule has 0 bridgehead atoms. The monoisotopic (exact) mass is 369 g/mol.